The number of aromatic nitrogens is 3. The smallest absolute Gasteiger partial charge is 0.147 e. The predicted molar refractivity (Wildman–Crippen MR) is 67.5 cm³/mol. The molecule has 5 heteroatoms. The maximum atomic E-state index is 5.15. The molecule has 2 heterocycles. The van der Waals surface area contributed by atoms with Gasteiger partial charge in [-0.1, -0.05) is 12.1 Å². The van der Waals surface area contributed by atoms with Crippen molar-refractivity contribution in [1.29, 1.82) is 0 Å². The van der Waals surface area contributed by atoms with Crippen LogP contribution in [0.5, 0.6) is 5.75 Å². The van der Waals surface area contributed by atoms with E-state index in [2.05, 4.69) is 32.2 Å². The number of ether oxygens (including phenoxy) is 1. The first kappa shape index (κ1) is 11.2. The molecule has 1 aliphatic rings. The molecule has 3 rings (SSSR count). The van der Waals surface area contributed by atoms with Crippen LogP contribution in [0.15, 0.2) is 24.3 Å². The molecule has 0 saturated carbocycles. The highest BCUT2D eigenvalue weighted by molar-refractivity contribution is 5.29. The molecule has 18 heavy (non-hydrogen) atoms. The lowest BCUT2D eigenvalue weighted by molar-refractivity contribution is 0.414. The van der Waals surface area contributed by atoms with Crippen LogP contribution in [0.2, 0.25) is 0 Å². The number of methoxy groups -OCH3 is 1. The van der Waals surface area contributed by atoms with E-state index in [0.717, 1.165) is 43.5 Å². The van der Waals surface area contributed by atoms with Gasteiger partial charge in [0, 0.05) is 19.5 Å². The molecule has 0 bridgehead atoms. The number of nitrogens with one attached hydrogen (secondary N) is 1. The first-order chi connectivity index (χ1) is 8.86. The highest BCUT2D eigenvalue weighted by Gasteiger charge is 2.15. The third kappa shape index (κ3) is 2.09. The zero-order valence-electron chi connectivity index (χ0n) is 10.4. The molecule has 1 aromatic heterocycles. The third-order valence-electron chi connectivity index (χ3n) is 3.22. The van der Waals surface area contributed by atoms with E-state index in [4.69, 9.17) is 4.74 Å². The lowest BCUT2D eigenvalue weighted by atomic mass is 10.1. The molecule has 1 aromatic carbocycles. The van der Waals surface area contributed by atoms with Gasteiger partial charge < -0.3 is 14.6 Å². The van der Waals surface area contributed by atoms with Crippen LogP contribution in [0.3, 0.4) is 0 Å². The Balaban J connectivity index is 1.81. The Hall–Kier alpha value is -1.88. The second kappa shape index (κ2) is 4.78. The Morgan fingerprint density at radius 1 is 1.28 bits per heavy atom. The van der Waals surface area contributed by atoms with E-state index in [1.165, 1.54) is 5.56 Å². The summed E-state index contributed by atoms with van der Waals surface area (Å²) >= 11 is 0. The molecule has 0 unspecified atom stereocenters. The van der Waals surface area contributed by atoms with E-state index in [1.54, 1.807) is 7.11 Å². The predicted octanol–water partition coefficient (Wildman–Crippen LogP) is 0.981. The molecule has 5 nitrogen and oxygen atoms in total. The van der Waals surface area contributed by atoms with E-state index in [0.29, 0.717) is 0 Å². The van der Waals surface area contributed by atoms with Crippen molar-refractivity contribution in [1.82, 2.24) is 20.1 Å². The van der Waals surface area contributed by atoms with Crippen molar-refractivity contribution >= 4 is 0 Å². The van der Waals surface area contributed by atoms with E-state index in [1.807, 2.05) is 12.1 Å². The SMILES string of the molecule is COc1ccc(Cc2nnc3n2CCNC3)cc1. The summed E-state index contributed by atoms with van der Waals surface area (Å²) in [5, 5.41) is 11.8. The van der Waals surface area contributed by atoms with Crippen LogP contribution in [0, 0.1) is 0 Å². The molecule has 0 fully saturated rings. The van der Waals surface area contributed by atoms with Crippen molar-refractivity contribution in [2.45, 2.75) is 19.5 Å². The molecule has 0 amide bonds. The number of hydrogen-bond donors (Lipinski definition) is 1. The van der Waals surface area contributed by atoms with Gasteiger partial charge in [-0.25, -0.2) is 0 Å². The minimum absolute atomic E-state index is 0.815. The Morgan fingerprint density at radius 2 is 2.11 bits per heavy atom. The number of hydrogen-bond acceptors (Lipinski definition) is 4. The van der Waals surface area contributed by atoms with Gasteiger partial charge in [0.1, 0.15) is 17.4 Å². The summed E-state index contributed by atoms with van der Waals surface area (Å²) in [4.78, 5) is 0. The van der Waals surface area contributed by atoms with Crippen LogP contribution < -0.4 is 10.1 Å². The minimum Gasteiger partial charge on any atom is -0.497 e. The Kier molecular flexibility index (Phi) is 2.98. The van der Waals surface area contributed by atoms with E-state index >= 15 is 0 Å². The first-order valence-corrected chi connectivity index (χ1v) is 6.11. The van der Waals surface area contributed by atoms with Crippen molar-refractivity contribution in [2.24, 2.45) is 0 Å². The Morgan fingerprint density at radius 3 is 2.89 bits per heavy atom. The van der Waals surface area contributed by atoms with Crippen molar-refractivity contribution in [3.8, 4) is 5.75 Å². The van der Waals surface area contributed by atoms with Crippen LogP contribution in [0.4, 0.5) is 0 Å². The van der Waals surface area contributed by atoms with Gasteiger partial charge in [-0.05, 0) is 17.7 Å². The largest absolute Gasteiger partial charge is 0.497 e. The van der Waals surface area contributed by atoms with Crippen molar-refractivity contribution in [2.75, 3.05) is 13.7 Å². The first-order valence-electron chi connectivity index (χ1n) is 6.11. The van der Waals surface area contributed by atoms with Gasteiger partial charge >= 0.3 is 0 Å². The van der Waals surface area contributed by atoms with Crippen molar-refractivity contribution in [3.63, 3.8) is 0 Å². The molecule has 0 atom stereocenters. The van der Waals surface area contributed by atoms with Crippen LogP contribution >= 0.6 is 0 Å². The standard InChI is InChI=1S/C13H16N4O/c1-18-11-4-2-10(3-5-11)8-12-15-16-13-9-14-6-7-17(12)13/h2-5,14H,6-9H2,1H3. The molecule has 0 saturated heterocycles. The Bertz CT molecular complexity index is 532. The van der Waals surface area contributed by atoms with Gasteiger partial charge in [0.15, 0.2) is 0 Å². The zero-order chi connectivity index (χ0) is 12.4. The number of fused-ring (bicyclic) bond motifs is 1. The third-order valence-corrected chi connectivity index (χ3v) is 3.22. The average Bonchev–Trinajstić information content (AvgIpc) is 2.83. The molecule has 94 valence electrons. The summed E-state index contributed by atoms with van der Waals surface area (Å²) in [5.41, 5.74) is 1.23. The van der Waals surface area contributed by atoms with Gasteiger partial charge in [0.2, 0.25) is 0 Å². The topological polar surface area (TPSA) is 52.0 Å². The summed E-state index contributed by atoms with van der Waals surface area (Å²) in [5.74, 6) is 2.95. The summed E-state index contributed by atoms with van der Waals surface area (Å²) in [6.45, 7) is 2.75. The van der Waals surface area contributed by atoms with Crippen molar-refractivity contribution < 1.29 is 4.74 Å². The second-order valence-corrected chi connectivity index (χ2v) is 4.39. The fraction of sp³-hybridized carbons (Fsp3) is 0.385. The molecule has 0 radical (unpaired) electrons. The lowest BCUT2D eigenvalue weighted by Gasteiger charge is -2.16. The van der Waals surface area contributed by atoms with Gasteiger partial charge in [-0.2, -0.15) is 0 Å². The van der Waals surface area contributed by atoms with Gasteiger partial charge in [-0.3, -0.25) is 0 Å². The summed E-state index contributed by atoms with van der Waals surface area (Å²) in [6.07, 6.45) is 0.816. The monoisotopic (exact) mass is 244 g/mol. The van der Waals surface area contributed by atoms with Crippen LogP contribution in [-0.2, 0) is 19.5 Å². The number of benzene rings is 1. The van der Waals surface area contributed by atoms with Gasteiger partial charge in [0.25, 0.3) is 0 Å². The number of rotatable bonds is 3. The zero-order valence-corrected chi connectivity index (χ0v) is 10.4. The molecule has 2 aromatic rings. The molecule has 1 aliphatic heterocycles. The average molecular weight is 244 g/mol. The maximum absolute atomic E-state index is 5.15. The van der Waals surface area contributed by atoms with Crippen LogP contribution in [0.1, 0.15) is 17.2 Å². The van der Waals surface area contributed by atoms with Gasteiger partial charge in [-0.15, -0.1) is 10.2 Å². The van der Waals surface area contributed by atoms with E-state index in [-0.39, 0.29) is 0 Å². The van der Waals surface area contributed by atoms with E-state index < -0.39 is 0 Å². The maximum Gasteiger partial charge on any atom is 0.147 e. The quantitative estimate of drug-likeness (QED) is 0.874. The highest BCUT2D eigenvalue weighted by atomic mass is 16.5. The molecule has 1 N–H and O–H groups in total. The van der Waals surface area contributed by atoms with E-state index in [9.17, 15) is 0 Å². The summed E-state index contributed by atoms with van der Waals surface area (Å²) in [7, 11) is 1.68. The second-order valence-electron chi connectivity index (χ2n) is 4.39. The van der Waals surface area contributed by atoms with Crippen LogP contribution in [0.25, 0.3) is 0 Å². The summed E-state index contributed by atoms with van der Waals surface area (Å²) in [6, 6.07) is 8.10. The number of nitrogens with zero attached hydrogens (tertiary/aromatic N) is 3. The van der Waals surface area contributed by atoms with Crippen molar-refractivity contribution in [3.05, 3.63) is 41.5 Å². The fourth-order valence-corrected chi connectivity index (χ4v) is 2.21. The Labute approximate surface area is 106 Å². The summed E-state index contributed by atoms with van der Waals surface area (Å²) < 4.78 is 7.36. The van der Waals surface area contributed by atoms with Gasteiger partial charge in [0.05, 0.1) is 13.7 Å². The molecule has 0 aliphatic carbocycles. The molecule has 0 spiro atoms. The molecular weight excluding hydrogens is 228 g/mol. The highest BCUT2D eigenvalue weighted by Crippen LogP contribution is 2.15. The normalized spacial score (nSPS) is 14.3. The molecular formula is C13H16N4O. The van der Waals surface area contributed by atoms with Crippen LogP contribution in [-0.4, -0.2) is 28.4 Å². The lowest BCUT2D eigenvalue weighted by Crippen LogP contribution is -2.29. The minimum atomic E-state index is 0.815. The fourth-order valence-electron chi connectivity index (χ4n) is 2.21.